The van der Waals surface area contributed by atoms with Crippen LogP contribution in [0.3, 0.4) is 0 Å². The highest BCUT2D eigenvalue weighted by atomic mass is 16.3. The van der Waals surface area contributed by atoms with Crippen molar-refractivity contribution in [3.8, 4) is 0 Å². The summed E-state index contributed by atoms with van der Waals surface area (Å²) < 4.78 is 8.09. The quantitative estimate of drug-likeness (QED) is 0.899. The third kappa shape index (κ3) is 2.75. The SMILES string of the molecule is Cc1ccc(C(C)NCc2cc(=O)n(C)c(=O)n2C)o1. The van der Waals surface area contributed by atoms with Gasteiger partial charge in [0.05, 0.1) is 6.04 Å². The summed E-state index contributed by atoms with van der Waals surface area (Å²) in [4.78, 5) is 23.4. The van der Waals surface area contributed by atoms with Crippen LogP contribution in [0.1, 0.15) is 30.2 Å². The lowest BCUT2D eigenvalue weighted by Gasteiger charge is -2.14. The van der Waals surface area contributed by atoms with Crippen molar-refractivity contribution in [3.63, 3.8) is 0 Å². The van der Waals surface area contributed by atoms with Crippen LogP contribution in [0, 0.1) is 6.92 Å². The molecular weight excluding hydrogens is 258 g/mol. The van der Waals surface area contributed by atoms with Crippen LogP contribution >= 0.6 is 0 Å². The molecular formula is C14H19N3O3. The predicted octanol–water partition coefficient (Wildman–Crippen LogP) is 0.836. The van der Waals surface area contributed by atoms with E-state index in [-0.39, 0.29) is 17.3 Å². The van der Waals surface area contributed by atoms with Crippen LogP contribution in [-0.4, -0.2) is 9.13 Å². The maximum absolute atomic E-state index is 11.8. The van der Waals surface area contributed by atoms with Crippen LogP contribution in [0.15, 0.2) is 32.2 Å². The van der Waals surface area contributed by atoms with Gasteiger partial charge in [-0.2, -0.15) is 0 Å². The molecule has 0 bridgehead atoms. The van der Waals surface area contributed by atoms with E-state index < -0.39 is 0 Å². The Bertz CT molecular complexity index is 724. The van der Waals surface area contributed by atoms with Gasteiger partial charge in [-0.15, -0.1) is 0 Å². The van der Waals surface area contributed by atoms with Gasteiger partial charge in [-0.25, -0.2) is 4.79 Å². The molecule has 0 spiro atoms. The van der Waals surface area contributed by atoms with Gasteiger partial charge < -0.3 is 9.73 Å². The number of nitrogens with zero attached hydrogens (tertiary/aromatic N) is 2. The fourth-order valence-electron chi connectivity index (χ4n) is 1.99. The van der Waals surface area contributed by atoms with E-state index in [4.69, 9.17) is 4.42 Å². The highest BCUT2D eigenvalue weighted by Crippen LogP contribution is 2.15. The Morgan fingerprint density at radius 1 is 1.25 bits per heavy atom. The van der Waals surface area contributed by atoms with Crippen molar-refractivity contribution < 1.29 is 4.42 Å². The monoisotopic (exact) mass is 277 g/mol. The Morgan fingerprint density at radius 3 is 2.55 bits per heavy atom. The van der Waals surface area contributed by atoms with Crippen LogP contribution in [0.5, 0.6) is 0 Å². The topological polar surface area (TPSA) is 69.2 Å². The van der Waals surface area contributed by atoms with Crippen molar-refractivity contribution >= 4 is 0 Å². The van der Waals surface area contributed by atoms with Gasteiger partial charge in [0, 0.05) is 32.4 Å². The molecule has 6 nitrogen and oxygen atoms in total. The Hall–Kier alpha value is -2.08. The molecule has 1 atom stereocenters. The second-order valence-electron chi connectivity index (χ2n) is 4.93. The van der Waals surface area contributed by atoms with E-state index in [9.17, 15) is 9.59 Å². The number of hydrogen-bond acceptors (Lipinski definition) is 4. The summed E-state index contributed by atoms with van der Waals surface area (Å²) in [6, 6.07) is 5.29. The Kier molecular flexibility index (Phi) is 3.94. The molecule has 2 rings (SSSR count). The van der Waals surface area contributed by atoms with Crippen LogP contribution < -0.4 is 16.6 Å². The number of aromatic nitrogens is 2. The molecule has 0 aromatic carbocycles. The molecule has 0 radical (unpaired) electrons. The second-order valence-corrected chi connectivity index (χ2v) is 4.93. The maximum Gasteiger partial charge on any atom is 0.330 e. The molecule has 2 aromatic rings. The average molecular weight is 277 g/mol. The van der Waals surface area contributed by atoms with Crippen molar-refractivity contribution in [1.82, 2.24) is 14.5 Å². The standard InChI is InChI=1S/C14H19N3O3/c1-9-5-6-12(20-9)10(2)15-8-11-7-13(18)17(4)14(19)16(11)3/h5-7,10,15H,8H2,1-4H3. The normalized spacial score (nSPS) is 12.6. The van der Waals surface area contributed by atoms with Gasteiger partial charge in [0.1, 0.15) is 11.5 Å². The molecule has 20 heavy (non-hydrogen) atoms. The number of rotatable bonds is 4. The number of aryl methyl sites for hydroxylation is 1. The molecule has 108 valence electrons. The zero-order chi connectivity index (χ0) is 14.9. The predicted molar refractivity (Wildman–Crippen MR) is 75.6 cm³/mol. The zero-order valence-corrected chi connectivity index (χ0v) is 12.1. The molecule has 1 unspecified atom stereocenters. The van der Waals surface area contributed by atoms with Crippen molar-refractivity contribution in [2.24, 2.45) is 14.1 Å². The minimum atomic E-state index is -0.323. The lowest BCUT2D eigenvalue weighted by atomic mass is 10.2. The molecule has 0 aliphatic rings. The number of hydrogen-bond donors (Lipinski definition) is 1. The molecule has 0 amide bonds. The fraction of sp³-hybridized carbons (Fsp3) is 0.429. The molecule has 1 N–H and O–H groups in total. The van der Waals surface area contributed by atoms with E-state index in [0.29, 0.717) is 12.2 Å². The third-order valence-corrected chi connectivity index (χ3v) is 3.40. The largest absolute Gasteiger partial charge is 0.465 e. The summed E-state index contributed by atoms with van der Waals surface area (Å²) in [5.74, 6) is 1.69. The molecule has 0 aliphatic carbocycles. The van der Waals surface area contributed by atoms with Crippen molar-refractivity contribution in [1.29, 1.82) is 0 Å². The molecule has 2 aromatic heterocycles. The van der Waals surface area contributed by atoms with Crippen LogP contribution in [0.2, 0.25) is 0 Å². The van der Waals surface area contributed by atoms with Gasteiger partial charge in [-0.05, 0) is 26.0 Å². The van der Waals surface area contributed by atoms with E-state index in [2.05, 4.69) is 5.32 Å². The van der Waals surface area contributed by atoms with Crippen LogP contribution in [0.4, 0.5) is 0 Å². The summed E-state index contributed by atoms with van der Waals surface area (Å²) in [6.07, 6.45) is 0. The molecule has 2 heterocycles. The lowest BCUT2D eigenvalue weighted by molar-refractivity contribution is 0.411. The first kappa shape index (κ1) is 14.3. The first-order valence-electron chi connectivity index (χ1n) is 6.46. The molecule has 6 heteroatoms. The lowest BCUT2D eigenvalue weighted by Crippen LogP contribution is -2.39. The highest BCUT2D eigenvalue weighted by molar-refractivity contribution is 5.09. The van der Waals surface area contributed by atoms with Gasteiger partial charge in [-0.1, -0.05) is 0 Å². The van der Waals surface area contributed by atoms with E-state index >= 15 is 0 Å². The molecule has 0 saturated heterocycles. The summed E-state index contributed by atoms with van der Waals surface area (Å²) in [7, 11) is 3.12. The smallest absolute Gasteiger partial charge is 0.330 e. The average Bonchev–Trinajstić information content (AvgIpc) is 2.85. The van der Waals surface area contributed by atoms with Crippen LogP contribution in [0.25, 0.3) is 0 Å². The zero-order valence-electron chi connectivity index (χ0n) is 12.1. The Balaban J connectivity index is 2.16. The second kappa shape index (κ2) is 5.50. The summed E-state index contributed by atoms with van der Waals surface area (Å²) in [5, 5.41) is 3.24. The van der Waals surface area contributed by atoms with Gasteiger partial charge in [0.15, 0.2) is 0 Å². The minimum absolute atomic E-state index is 0.00265. The molecule has 0 saturated carbocycles. The summed E-state index contributed by atoms with van der Waals surface area (Å²) in [6.45, 7) is 4.28. The van der Waals surface area contributed by atoms with E-state index in [1.807, 2.05) is 26.0 Å². The Morgan fingerprint density at radius 2 is 1.95 bits per heavy atom. The highest BCUT2D eigenvalue weighted by Gasteiger charge is 2.11. The first-order valence-corrected chi connectivity index (χ1v) is 6.46. The van der Waals surface area contributed by atoms with Crippen LogP contribution in [-0.2, 0) is 20.6 Å². The first-order chi connectivity index (χ1) is 9.40. The summed E-state index contributed by atoms with van der Waals surface area (Å²) in [5.41, 5.74) is 0.0235. The number of nitrogens with one attached hydrogen (secondary N) is 1. The maximum atomic E-state index is 11.8. The van der Waals surface area contributed by atoms with Gasteiger partial charge >= 0.3 is 5.69 Å². The van der Waals surface area contributed by atoms with Gasteiger partial charge in [-0.3, -0.25) is 13.9 Å². The van der Waals surface area contributed by atoms with Gasteiger partial charge in [0.25, 0.3) is 5.56 Å². The minimum Gasteiger partial charge on any atom is -0.465 e. The van der Waals surface area contributed by atoms with E-state index in [1.165, 1.54) is 17.7 Å². The van der Waals surface area contributed by atoms with Crippen molar-refractivity contribution in [2.45, 2.75) is 26.4 Å². The van der Waals surface area contributed by atoms with Gasteiger partial charge in [0.2, 0.25) is 0 Å². The third-order valence-electron chi connectivity index (χ3n) is 3.40. The summed E-state index contributed by atoms with van der Waals surface area (Å²) >= 11 is 0. The van der Waals surface area contributed by atoms with Crippen molar-refractivity contribution in [2.75, 3.05) is 0 Å². The van der Waals surface area contributed by atoms with E-state index in [1.54, 1.807) is 7.05 Å². The van der Waals surface area contributed by atoms with Crippen molar-refractivity contribution in [3.05, 3.63) is 56.3 Å². The van der Waals surface area contributed by atoms with E-state index in [0.717, 1.165) is 16.1 Å². The molecule has 0 fully saturated rings. The Labute approximate surface area is 116 Å². The fourth-order valence-corrected chi connectivity index (χ4v) is 1.99. The molecule has 0 aliphatic heterocycles. The number of furan rings is 1.